The van der Waals surface area contributed by atoms with E-state index in [0.717, 1.165) is 49.5 Å². The monoisotopic (exact) mass is 534 g/mol. The predicted octanol–water partition coefficient (Wildman–Crippen LogP) is 9.27. The molecule has 0 aromatic heterocycles. The molecule has 1 aromatic carbocycles. The molecule has 3 heteroatoms. The maximum atomic E-state index is 12.8. The Bertz CT molecular complexity index is 1010. The molecular formula is C36H54O3. The minimum Gasteiger partial charge on any atom is -0.458 e. The van der Waals surface area contributed by atoms with Gasteiger partial charge in [0.1, 0.15) is 6.10 Å². The van der Waals surface area contributed by atoms with Gasteiger partial charge in [-0.3, -0.25) is 0 Å². The van der Waals surface area contributed by atoms with Crippen molar-refractivity contribution in [2.75, 3.05) is 6.61 Å². The molecule has 0 saturated heterocycles. The normalized spacial score (nSPS) is 38.4. The highest BCUT2D eigenvalue weighted by Gasteiger charge is 2.61. The van der Waals surface area contributed by atoms with E-state index in [1.807, 2.05) is 30.3 Å². The molecule has 1 aromatic rings. The lowest BCUT2D eigenvalue weighted by molar-refractivity contribution is -0.113. The van der Waals surface area contributed by atoms with Crippen molar-refractivity contribution in [2.45, 2.75) is 118 Å². The molecule has 0 N–H and O–H groups in total. The first-order valence-electron chi connectivity index (χ1n) is 16.3. The van der Waals surface area contributed by atoms with Gasteiger partial charge in [0.25, 0.3) is 0 Å². The molecule has 4 aliphatic carbocycles. The van der Waals surface area contributed by atoms with Crippen LogP contribution in [0.15, 0.2) is 42.0 Å². The summed E-state index contributed by atoms with van der Waals surface area (Å²) in [6.45, 7) is 15.4. The summed E-state index contributed by atoms with van der Waals surface area (Å²) in [6, 6.07) is 9.45. The minimum absolute atomic E-state index is 0.0349. The van der Waals surface area contributed by atoms with Gasteiger partial charge in [-0.15, -0.1) is 0 Å². The predicted molar refractivity (Wildman–Crippen MR) is 159 cm³/mol. The van der Waals surface area contributed by atoms with Crippen molar-refractivity contribution in [3.05, 3.63) is 47.5 Å². The van der Waals surface area contributed by atoms with E-state index in [0.29, 0.717) is 22.8 Å². The smallest absolute Gasteiger partial charge is 0.338 e. The topological polar surface area (TPSA) is 35.5 Å². The van der Waals surface area contributed by atoms with Gasteiger partial charge in [-0.1, -0.05) is 83.7 Å². The van der Waals surface area contributed by atoms with E-state index in [9.17, 15) is 4.79 Å². The average molecular weight is 535 g/mol. The third-order valence-electron chi connectivity index (χ3n) is 11.9. The summed E-state index contributed by atoms with van der Waals surface area (Å²) in [5, 5.41) is 0. The molecule has 216 valence electrons. The van der Waals surface area contributed by atoms with Crippen LogP contribution in [0.25, 0.3) is 0 Å². The molecule has 5 rings (SSSR count). The highest BCUT2D eigenvalue weighted by molar-refractivity contribution is 5.89. The summed E-state index contributed by atoms with van der Waals surface area (Å²) in [7, 11) is 0. The Hall–Kier alpha value is -1.61. The number of hydrogen-bond donors (Lipinski definition) is 0. The highest BCUT2D eigenvalue weighted by atomic mass is 16.5. The van der Waals surface area contributed by atoms with Crippen molar-refractivity contribution < 1.29 is 14.3 Å². The summed E-state index contributed by atoms with van der Waals surface area (Å²) in [5.41, 5.74) is 2.80. The first kappa shape index (κ1) is 28.9. The molecule has 3 fully saturated rings. The van der Waals surface area contributed by atoms with Crippen LogP contribution in [0, 0.1) is 46.3 Å². The number of benzene rings is 1. The van der Waals surface area contributed by atoms with Crippen molar-refractivity contribution in [2.24, 2.45) is 46.3 Å². The Kier molecular flexibility index (Phi) is 8.68. The first-order chi connectivity index (χ1) is 18.7. The molecule has 0 radical (unpaired) electrons. The Labute approximate surface area is 238 Å². The summed E-state index contributed by atoms with van der Waals surface area (Å²) < 4.78 is 12.6. The van der Waals surface area contributed by atoms with Crippen LogP contribution < -0.4 is 0 Å². The SMILES string of the molecule is CCO[C@@H]1C=C2C[C@@H](OC(=O)c3ccccc3)CC[C@]2(C)[C@H]2CC[C@]3(C)[C@@H]([C@@H](C)CCCC(C)C)CC[C@H]3[C@H]12. The third-order valence-corrected chi connectivity index (χ3v) is 11.9. The summed E-state index contributed by atoms with van der Waals surface area (Å²) in [5.74, 6) is 4.35. The van der Waals surface area contributed by atoms with Gasteiger partial charge in [-0.2, -0.15) is 0 Å². The van der Waals surface area contributed by atoms with Gasteiger partial charge in [-0.25, -0.2) is 4.79 Å². The lowest BCUT2D eigenvalue weighted by atomic mass is 9.46. The number of rotatable bonds is 9. The molecule has 39 heavy (non-hydrogen) atoms. The Morgan fingerprint density at radius 3 is 2.46 bits per heavy atom. The number of carbonyl (C=O) groups is 1. The van der Waals surface area contributed by atoms with Gasteiger partial charge in [0, 0.05) is 13.0 Å². The fraction of sp³-hybridized carbons (Fsp3) is 0.750. The number of ether oxygens (including phenoxy) is 2. The number of fused-ring (bicyclic) bond motifs is 5. The number of hydrogen-bond acceptors (Lipinski definition) is 3. The van der Waals surface area contributed by atoms with E-state index in [1.165, 1.54) is 50.5 Å². The van der Waals surface area contributed by atoms with Crippen LogP contribution in [-0.4, -0.2) is 24.8 Å². The zero-order chi connectivity index (χ0) is 27.8. The molecule has 3 saturated carbocycles. The van der Waals surface area contributed by atoms with E-state index >= 15 is 0 Å². The summed E-state index contributed by atoms with van der Waals surface area (Å²) in [4.78, 5) is 12.8. The minimum atomic E-state index is -0.187. The van der Waals surface area contributed by atoms with Crippen LogP contribution >= 0.6 is 0 Å². The van der Waals surface area contributed by atoms with Gasteiger partial charge < -0.3 is 9.47 Å². The summed E-state index contributed by atoms with van der Waals surface area (Å²) >= 11 is 0. The molecule has 0 unspecified atom stereocenters. The van der Waals surface area contributed by atoms with Gasteiger partial charge in [0.05, 0.1) is 11.7 Å². The van der Waals surface area contributed by atoms with E-state index < -0.39 is 0 Å². The van der Waals surface area contributed by atoms with Crippen LogP contribution in [0.3, 0.4) is 0 Å². The molecule has 0 aliphatic heterocycles. The van der Waals surface area contributed by atoms with E-state index in [2.05, 4.69) is 47.6 Å². The Balaban J connectivity index is 1.34. The second-order valence-electron chi connectivity index (χ2n) is 14.5. The Morgan fingerprint density at radius 2 is 1.74 bits per heavy atom. The van der Waals surface area contributed by atoms with Crippen LogP contribution in [0.2, 0.25) is 0 Å². The van der Waals surface area contributed by atoms with E-state index in [1.54, 1.807) is 0 Å². The van der Waals surface area contributed by atoms with Crippen LogP contribution in [0.5, 0.6) is 0 Å². The zero-order valence-electron chi connectivity index (χ0n) is 25.6. The second-order valence-corrected chi connectivity index (χ2v) is 14.5. The van der Waals surface area contributed by atoms with Gasteiger partial charge >= 0.3 is 5.97 Å². The Morgan fingerprint density at radius 1 is 0.974 bits per heavy atom. The van der Waals surface area contributed by atoms with Crippen LogP contribution in [0.4, 0.5) is 0 Å². The maximum Gasteiger partial charge on any atom is 0.338 e. The number of esters is 1. The molecule has 4 aliphatic rings. The van der Waals surface area contributed by atoms with Crippen molar-refractivity contribution in [1.82, 2.24) is 0 Å². The molecule has 3 nitrogen and oxygen atoms in total. The maximum absolute atomic E-state index is 12.8. The standard InChI is InChI=1S/C36H54O3/c1-7-38-32-23-27-22-28(39-34(37)26-14-9-8-10-15-26)18-20-35(27,5)31-19-21-36(6)29(16-17-30(36)33(31)32)25(4)13-11-12-24(2)3/h8-10,14-15,23-25,28-33H,7,11-13,16-22H2,1-6H3/t25-,28-,29+,30-,31-,32+,33-,35-,36+/m0/s1. The molecule has 0 spiro atoms. The first-order valence-corrected chi connectivity index (χ1v) is 16.3. The van der Waals surface area contributed by atoms with Gasteiger partial charge in [-0.05, 0) is 104 Å². The molecule has 0 amide bonds. The van der Waals surface area contributed by atoms with E-state index in [-0.39, 0.29) is 23.6 Å². The molecule has 0 heterocycles. The summed E-state index contributed by atoms with van der Waals surface area (Å²) in [6.07, 6.45) is 15.2. The van der Waals surface area contributed by atoms with Crippen LogP contribution in [-0.2, 0) is 9.47 Å². The fourth-order valence-electron chi connectivity index (χ4n) is 9.86. The molecule has 9 atom stereocenters. The van der Waals surface area contributed by atoms with Crippen LogP contribution in [0.1, 0.15) is 116 Å². The highest BCUT2D eigenvalue weighted by Crippen LogP contribution is 2.67. The van der Waals surface area contributed by atoms with Crippen molar-refractivity contribution in [3.8, 4) is 0 Å². The van der Waals surface area contributed by atoms with Crippen molar-refractivity contribution >= 4 is 5.97 Å². The largest absolute Gasteiger partial charge is 0.458 e. The van der Waals surface area contributed by atoms with E-state index in [4.69, 9.17) is 9.47 Å². The van der Waals surface area contributed by atoms with Crippen molar-refractivity contribution in [1.29, 1.82) is 0 Å². The third kappa shape index (κ3) is 5.51. The lowest BCUT2D eigenvalue weighted by Gasteiger charge is -2.60. The van der Waals surface area contributed by atoms with Gasteiger partial charge in [0.2, 0.25) is 0 Å². The van der Waals surface area contributed by atoms with Crippen molar-refractivity contribution in [3.63, 3.8) is 0 Å². The molecular weight excluding hydrogens is 480 g/mol. The number of carbonyl (C=O) groups excluding carboxylic acids is 1. The zero-order valence-corrected chi connectivity index (χ0v) is 25.6. The molecule has 0 bridgehead atoms. The quantitative estimate of drug-likeness (QED) is 0.234. The average Bonchev–Trinajstić information content (AvgIpc) is 3.27. The lowest BCUT2D eigenvalue weighted by Crippen LogP contribution is -2.55. The second kappa shape index (κ2) is 11.7. The fourth-order valence-corrected chi connectivity index (χ4v) is 9.86. The van der Waals surface area contributed by atoms with Gasteiger partial charge in [0.15, 0.2) is 0 Å².